The minimum Gasteiger partial charge on any atom is -0.466 e. The Labute approximate surface area is 158 Å². The van der Waals surface area contributed by atoms with Crippen LogP contribution in [0.15, 0.2) is 0 Å². The molecule has 0 spiro atoms. The standard InChI is InChI=1S/C22H36O4/c1-3-5-7-25-19(23)14-21-10-17-9-18(11-21)13-22(12-17,16-21)15-20(24)26-8-6-4-2/h17-18H,3-16H2,1-2H3. The first-order valence-corrected chi connectivity index (χ1v) is 10.8. The first-order valence-electron chi connectivity index (χ1n) is 10.8. The first kappa shape index (κ1) is 19.7. The van der Waals surface area contributed by atoms with Gasteiger partial charge in [-0.25, -0.2) is 0 Å². The number of unbranched alkanes of at least 4 members (excludes halogenated alkanes) is 2. The lowest BCUT2D eigenvalue weighted by molar-refractivity contribution is -0.165. The molecule has 0 unspecified atom stereocenters. The maximum Gasteiger partial charge on any atom is 0.306 e. The average Bonchev–Trinajstić information content (AvgIpc) is 2.53. The second-order valence-electron chi connectivity index (χ2n) is 9.46. The van der Waals surface area contributed by atoms with Gasteiger partial charge in [-0.2, -0.15) is 0 Å². The number of hydrogen-bond acceptors (Lipinski definition) is 4. The van der Waals surface area contributed by atoms with E-state index >= 15 is 0 Å². The molecule has 4 fully saturated rings. The molecule has 0 heterocycles. The van der Waals surface area contributed by atoms with Crippen LogP contribution in [0.1, 0.15) is 90.9 Å². The van der Waals surface area contributed by atoms with E-state index in [9.17, 15) is 9.59 Å². The quantitative estimate of drug-likeness (QED) is 0.402. The lowest BCUT2D eigenvalue weighted by atomic mass is 9.43. The topological polar surface area (TPSA) is 52.6 Å². The van der Waals surface area contributed by atoms with Crippen molar-refractivity contribution in [3.63, 3.8) is 0 Å². The van der Waals surface area contributed by atoms with E-state index in [-0.39, 0.29) is 22.8 Å². The highest BCUT2D eigenvalue weighted by Gasteiger charge is 2.58. The fourth-order valence-corrected chi connectivity index (χ4v) is 6.44. The van der Waals surface area contributed by atoms with Gasteiger partial charge in [0.2, 0.25) is 0 Å². The van der Waals surface area contributed by atoms with E-state index < -0.39 is 0 Å². The second kappa shape index (κ2) is 8.31. The van der Waals surface area contributed by atoms with E-state index in [1.807, 2.05) is 0 Å². The summed E-state index contributed by atoms with van der Waals surface area (Å²) in [7, 11) is 0. The molecule has 4 heteroatoms. The van der Waals surface area contributed by atoms with Crippen molar-refractivity contribution in [3.05, 3.63) is 0 Å². The highest BCUT2D eigenvalue weighted by Crippen LogP contribution is 2.67. The number of esters is 2. The number of carbonyl (C=O) groups is 2. The Morgan fingerprint density at radius 1 is 0.808 bits per heavy atom. The molecule has 0 amide bonds. The molecule has 0 atom stereocenters. The third kappa shape index (κ3) is 4.61. The molecular weight excluding hydrogens is 328 g/mol. The van der Waals surface area contributed by atoms with Crippen molar-refractivity contribution >= 4 is 11.9 Å². The Bertz CT molecular complexity index is 456. The fourth-order valence-electron chi connectivity index (χ4n) is 6.44. The number of ether oxygens (including phenoxy) is 2. The summed E-state index contributed by atoms with van der Waals surface area (Å²) in [5.74, 6) is 1.31. The van der Waals surface area contributed by atoms with Crippen molar-refractivity contribution < 1.29 is 19.1 Å². The first-order chi connectivity index (χ1) is 12.5. The molecule has 4 nitrogen and oxygen atoms in total. The smallest absolute Gasteiger partial charge is 0.306 e. The van der Waals surface area contributed by atoms with Gasteiger partial charge in [-0.1, -0.05) is 26.7 Å². The molecule has 4 saturated carbocycles. The molecule has 0 radical (unpaired) electrons. The van der Waals surface area contributed by atoms with Crippen LogP contribution in [0.4, 0.5) is 0 Å². The Hall–Kier alpha value is -1.06. The highest BCUT2D eigenvalue weighted by molar-refractivity contribution is 5.71. The van der Waals surface area contributed by atoms with Gasteiger partial charge in [0.1, 0.15) is 0 Å². The van der Waals surface area contributed by atoms with Gasteiger partial charge in [-0.3, -0.25) is 9.59 Å². The number of carbonyl (C=O) groups excluding carboxylic acids is 2. The van der Waals surface area contributed by atoms with Gasteiger partial charge in [-0.05, 0) is 74.0 Å². The van der Waals surface area contributed by atoms with Gasteiger partial charge in [0.05, 0.1) is 26.1 Å². The Kier molecular flexibility index (Phi) is 6.29. The fraction of sp³-hybridized carbons (Fsp3) is 0.909. The van der Waals surface area contributed by atoms with Gasteiger partial charge < -0.3 is 9.47 Å². The molecule has 0 aromatic carbocycles. The predicted molar refractivity (Wildman–Crippen MR) is 101 cm³/mol. The van der Waals surface area contributed by atoms with Crippen LogP contribution < -0.4 is 0 Å². The SMILES string of the molecule is CCCCOC(=O)CC12CC3CC(C1)CC(CC(=O)OCCCC)(C3)C2. The zero-order valence-electron chi connectivity index (χ0n) is 16.7. The summed E-state index contributed by atoms with van der Waals surface area (Å²) in [5.41, 5.74) is 0.161. The summed E-state index contributed by atoms with van der Waals surface area (Å²) < 4.78 is 10.9. The van der Waals surface area contributed by atoms with Crippen molar-refractivity contribution in [1.29, 1.82) is 0 Å². The monoisotopic (exact) mass is 364 g/mol. The van der Waals surface area contributed by atoms with Gasteiger partial charge in [0, 0.05) is 0 Å². The molecule has 4 bridgehead atoms. The predicted octanol–water partition coefficient (Wildman–Crippen LogP) is 5.04. The molecule has 0 N–H and O–H groups in total. The van der Waals surface area contributed by atoms with Gasteiger partial charge >= 0.3 is 11.9 Å². The van der Waals surface area contributed by atoms with Gasteiger partial charge in [-0.15, -0.1) is 0 Å². The largest absolute Gasteiger partial charge is 0.466 e. The Morgan fingerprint density at radius 3 is 1.62 bits per heavy atom. The molecule has 0 aromatic heterocycles. The second-order valence-corrected chi connectivity index (χ2v) is 9.46. The van der Waals surface area contributed by atoms with Crippen LogP contribution in [0.2, 0.25) is 0 Å². The van der Waals surface area contributed by atoms with E-state index in [1.165, 1.54) is 6.42 Å². The summed E-state index contributed by atoms with van der Waals surface area (Å²) in [4.78, 5) is 24.8. The van der Waals surface area contributed by atoms with Crippen molar-refractivity contribution in [2.75, 3.05) is 13.2 Å². The van der Waals surface area contributed by atoms with Gasteiger partial charge in [0.15, 0.2) is 0 Å². The Morgan fingerprint density at radius 2 is 1.23 bits per heavy atom. The van der Waals surface area contributed by atoms with Crippen LogP contribution in [0.25, 0.3) is 0 Å². The van der Waals surface area contributed by atoms with Crippen LogP contribution in [-0.4, -0.2) is 25.2 Å². The van der Waals surface area contributed by atoms with Crippen molar-refractivity contribution in [3.8, 4) is 0 Å². The van der Waals surface area contributed by atoms with Crippen LogP contribution in [0.3, 0.4) is 0 Å². The maximum atomic E-state index is 12.4. The molecule has 4 aliphatic rings. The van der Waals surface area contributed by atoms with Crippen molar-refractivity contribution in [1.82, 2.24) is 0 Å². The van der Waals surface area contributed by atoms with E-state index in [4.69, 9.17) is 9.47 Å². The van der Waals surface area contributed by atoms with Crippen molar-refractivity contribution in [2.24, 2.45) is 22.7 Å². The minimum atomic E-state index is -0.0268. The molecule has 148 valence electrons. The van der Waals surface area contributed by atoms with Crippen LogP contribution >= 0.6 is 0 Å². The molecule has 0 aliphatic heterocycles. The van der Waals surface area contributed by atoms with Crippen molar-refractivity contribution in [2.45, 2.75) is 90.9 Å². The lowest BCUT2D eigenvalue weighted by Gasteiger charge is -2.62. The summed E-state index contributed by atoms with van der Waals surface area (Å²) >= 11 is 0. The van der Waals surface area contributed by atoms with Gasteiger partial charge in [0.25, 0.3) is 0 Å². The molecule has 4 rings (SSSR count). The van der Waals surface area contributed by atoms with E-state index in [1.54, 1.807) is 0 Å². The van der Waals surface area contributed by atoms with E-state index in [0.717, 1.165) is 57.8 Å². The Balaban J connectivity index is 1.61. The number of hydrogen-bond donors (Lipinski definition) is 0. The summed E-state index contributed by atoms with van der Waals surface area (Å²) in [6, 6.07) is 0. The molecular formula is C22H36O4. The van der Waals surface area contributed by atoms with Crippen LogP contribution in [0.5, 0.6) is 0 Å². The molecule has 26 heavy (non-hydrogen) atoms. The van der Waals surface area contributed by atoms with Crippen LogP contribution in [-0.2, 0) is 19.1 Å². The average molecular weight is 365 g/mol. The molecule has 4 aliphatic carbocycles. The zero-order valence-corrected chi connectivity index (χ0v) is 16.7. The summed E-state index contributed by atoms with van der Waals surface area (Å²) in [5, 5.41) is 0. The molecule has 0 aromatic rings. The summed E-state index contributed by atoms with van der Waals surface area (Å²) in [6.45, 7) is 5.31. The van der Waals surface area contributed by atoms with E-state index in [0.29, 0.717) is 37.9 Å². The normalized spacial score (nSPS) is 34.7. The highest BCUT2D eigenvalue weighted by atomic mass is 16.5. The van der Waals surface area contributed by atoms with Crippen LogP contribution in [0, 0.1) is 22.7 Å². The molecule has 0 saturated heterocycles. The lowest BCUT2D eigenvalue weighted by Crippen LogP contribution is -2.53. The minimum absolute atomic E-state index is 0.0268. The maximum absolute atomic E-state index is 12.4. The third-order valence-corrected chi connectivity index (χ3v) is 6.86. The summed E-state index contributed by atoms with van der Waals surface area (Å²) in [6.07, 6.45) is 12.0. The third-order valence-electron chi connectivity index (χ3n) is 6.86. The van der Waals surface area contributed by atoms with E-state index in [2.05, 4.69) is 13.8 Å². The zero-order chi connectivity index (χ0) is 18.6. The number of rotatable bonds is 10.